The van der Waals surface area contributed by atoms with E-state index in [9.17, 15) is 72.9 Å². The van der Waals surface area contributed by atoms with Gasteiger partial charge >= 0.3 is 71.8 Å². The van der Waals surface area contributed by atoms with Gasteiger partial charge in [-0.2, -0.15) is 0 Å². The summed E-state index contributed by atoms with van der Waals surface area (Å²) in [7, 11) is 0. The number of benzene rings is 5. The Morgan fingerprint density at radius 2 is 0.849 bits per heavy atom. The Balaban J connectivity index is 1.16. The van der Waals surface area contributed by atoms with E-state index in [0.29, 0.717) is 16.7 Å². The van der Waals surface area contributed by atoms with Gasteiger partial charge in [-0.3, -0.25) is 52.7 Å². The van der Waals surface area contributed by atoms with Crippen LogP contribution in [-0.2, 0) is 186 Å². The second-order valence-corrected chi connectivity index (χ2v) is 34.6. The van der Waals surface area contributed by atoms with Gasteiger partial charge in [0.05, 0.1) is 50.8 Å². The van der Waals surface area contributed by atoms with Crippen molar-refractivity contribution in [2.45, 2.75) is 294 Å². The Bertz CT molecular complexity index is 5080. The van der Waals surface area contributed by atoms with Gasteiger partial charge in [0.15, 0.2) is 43.0 Å². The molecule has 4 amide bonds. The first kappa shape index (κ1) is 108. The molecule has 24 atom stereocenters. The third kappa shape index (κ3) is 30.0. The van der Waals surface area contributed by atoms with Crippen LogP contribution in [0.25, 0.3) is 11.1 Å². The summed E-state index contributed by atoms with van der Waals surface area (Å²) in [6.45, 7) is 10.5. The molecule has 0 aromatic heterocycles. The summed E-state index contributed by atoms with van der Waals surface area (Å²) in [5, 5.41) is 50.8. The fraction of sp³-hybridized carbons (Fsp3) is 0.531. The summed E-state index contributed by atoms with van der Waals surface area (Å²) in [4.78, 5) is 209. The van der Waals surface area contributed by atoms with Crippen LogP contribution in [0.4, 0.5) is 4.79 Å². The number of esters is 11. The Kier molecular flexibility index (Phi) is 38.5. The van der Waals surface area contributed by atoms with Crippen molar-refractivity contribution in [1.29, 1.82) is 0 Å². The monoisotopic (exact) mass is 1950 g/mol. The molecule has 0 radical (unpaired) electrons. The van der Waals surface area contributed by atoms with Gasteiger partial charge in [0.1, 0.15) is 112 Å². The molecule has 0 bridgehead atoms. The second kappa shape index (κ2) is 49.3. The lowest BCUT2D eigenvalue weighted by molar-refractivity contribution is -0.385. The average molecular weight is 1950 g/mol. The van der Waals surface area contributed by atoms with Gasteiger partial charge in [-0.25, -0.2) is 19.2 Å². The van der Waals surface area contributed by atoms with Gasteiger partial charge in [0.25, 0.3) is 11.6 Å². The van der Waals surface area contributed by atoms with E-state index >= 15 is 14.4 Å². The van der Waals surface area contributed by atoms with Gasteiger partial charge in [-0.05, 0) is 66.6 Å². The predicted molar refractivity (Wildman–Crippen MR) is 472 cm³/mol. The molecule has 0 saturated carbocycles. The first-order valence-electron chi connectivity index (χ1n) is 44.6. The van der Waals surface area contributed by atoms with Crippen molar-refractivity contribution < 1.29 is 187 Å². The molecule has 756 valence electrons. The summed E-state index contributed by atoms with van der Waals surface area (Å²) in [5.41, 5.74) is 3.19. The number of aliphatic hydroxyl groups excluding tert-OH is 3. The molecular weight excluding hydrogens is 1830 g/mol. The van der Waals surface area contributed by atoms with Crippen molar-refractivity contribution in [3.8, 4) is 11.1 Å². The molecule has 5 aromatic rings. The molecule has 5 aromatic carbocycles. The van der Waals surface area contributed by atoms with Crippen molar-refractivity contribution >= 4 is 89.5 Å². The largest absolute Gasteiger partial charge is 0.462 e. The highest BCUT2D eigenvalue weighted by Gasteiger charge is 2.65. The number of hydrogen-bond acceptors (Lipinski definition) is 39. The standard InChI is InChI=1S/C96H118N4O39/c1-49(75(88(115)139-94(13,14)15)100-93(118)124-44-68-66-37-27-25-35-64(66)65-36-26-28-38-67(65)68)126-89-78(99-52(4)103)84(79(112)72(133-89)48-125-95(91(116)122-42-62-31-21-17-22-32-62)39-69(127-55(7)106)76(97-50(2)101)85(136-95)82(131-59(11)110)73(129-57(9)108)46-120-53(5)104)135-90-81(114)87(80(113)71(134-90)45-119-41-61-29-19-16-20-30-61)138-96(92(117)123-43-63-33-23-18-24-34-63)40-70(128-56(8)107)77(98-51(3)102)86(137-96)83(132-60(12)111)74(130-58(10)109)47-121-54(6)105/h16-38,49,68-87,89-90,112-114H,39-48H2,1-15H3,(H,97,101)(H,98,102)(H,99,103)(H,100,118)/t49-,69+,70+,71-,72-,73-,74-,75+,76-,77-,78-,79+,80+,81-,82-,83-,84-,85-,86-,87+,89+,90+,95-,96+/m1/s1. The third-order valence-electron chi connectivity index (χ3n) is 22.3. The van der Waals surface area contributed by atoms with Gasteiger partial charge in [-0.1, -0.05) is 140 Å². The van der Waals surface area contributed by atoms with E-state index in [4.69, 9.17) is 99.5 Å². The second-order valence-electron chi connectivity index (χ2n) is 34.6. The highest BCUT2D eigenvalue weighted by molar-refractivity contribution is 5.84. The quantitative estimate of drug-likeness (QED) is 0.0216. The number of amides is 4. The van der Waals surface area contributed by atoms with Crippen molar-refractivity contribution in [1.82, 2.24) is 21.3 Å². The smallest absolute Gasteiger partial charge is 0.407 e. The number of nitrogens with one attached hydrogen (secondary N) is 4. The molecule has 43 heteroatoms. The van der Waals surface area contributed by atoms with Crippen LogP contribution in [0.1, 0.15) is 150 Å². The normalized spacial score (nSPS) is 26.1. The minimum atomic E-state index is -3.33. The molecular formula is C96H118N4O39. The number of rotatable bonds is 41. The zero-order valence-corrected chi connectivity index (χ0v) is 79.2. The zero-order valence-electron chi connectivity index (χ0n) is 79.2. The number of alkyl carbamates (subject to hydrolysis) is 1. The number of hydrogen-bond donors (Lipinski definition) is 7. The molecule has 1 aliphatic carbocycles. The topological polar surface area (TPSA) is 559 Å². The Hall–Kier alpha value is -12.5. The first-order chi connectivity index (χ1) is 65.8. The SMILES string of the molecule is CC(=O)N[C@H]1[C@@H](O[C@H](C)[C@H](NC(=O)OCC2c3ccccc3-c3ccccc32)C(=O)OC(C)(C)C)O[C@H](CO[C@]2(C(=O)OCc3ccccc3)C[C@H](OC(C)=O)[C@@H](NC(C)=O)[C@H]([C@H](OC(C)=O)[C@@H](COC(C)=O)OC(C)=O)O2)[C@H](O)[C@@H]1O[C@@H]1O[C@H](COCc2ccccc2)[C@H](O)[C@H](O[C@]2(C(=O)OCc3ccccc3)C[C@H](OC(C)=O)[C@@H](NC(C)=O)[C@H]([C@H](OC(C)=O)[C@@H](COC(C)=O)OC(C)=O)O2)[C@H]1O. The molecule has 139 heavy (non-hydrogen) atoms. The number of ether oxygens (including phenoxy) is 21. The van der Waals surface area contributed by atoms with Crippen LogP contribution in [-0.4, -0.2) is 289 Å². The van der Waals surface area contributed by atoms with Crippen LogP contribution in [0.15, 0.2) is 140 Å². The van der Waals surface area contributed by atoms with E-state index in [1.54, 1.807) is 78.9 Å². The molecule has 4 aliphatic heterocycles. The van der Waals surface area contributed by atoms with Gasteiger partial charge in [0.2, 0.25) is 17.7 Å². The number of carbonyl (C=O) groups excluding carboxylic acids is 15. The molecule has 4 heterocycles. The summed E-state index contributed by atoms with van der Waals surface area (Å²) in [5.74, 6) is -22.8. The lowest BCUT2D eigenvalue weighted by Gasteiger charge is -2.52. The van der Waals surface area contributed by atoms with Gasteiger partial charge in [-0.15, -0.1) is 0 Å². The highest BCUT2D eigenvalue weighted by Crippen LogP contribution is 2.47. The molecule has 10 rings (SSSR count). The van der Waals surface area contributed by atoms with Crippen LogP contribution in [0.3, 0.4) is 0 Å². The molecule has 43 nitrogen and oxygen atoms in total. The maximum Gasteiger partial charge on any atom is 0.407 e. The van der Waals surface area contributed by atoms with E-state index in [0.717, 1.165) is 98.4 Å². The maximum atomic E-state index is 16.0. The fourth-order valence-electron chi connectivity index (χ4n) is 16.7. The van der Waals surface area contributed by atoms with Crippen molar-refractivity contribution in [2.24, 2.45) is 0 Å². The van der Waals surface area contributed by atoms with Crippen LogP contribution >= 0.6 is 0 Å². The van der Waals surface area contributed by atoms with Gasteiger partial charge in [0, 0.05) is 82.1 Å². The lowest BCUT2D eigenvalue weighted by Crippen LogP contribution is -2.72. The van der Waals surface area contributed by atoms with E-state index in [1.165, 1.54) is 39.8 Å². The van der Waals surface area contributed by atoms with Crippen LogP contribution in [0, 0.1) is 0 Å². The van der Waals surface area contributed by atoms with E-state index in [-0.39, 0.29) is 13.2 Å². The number of carbonyl (C=O) groups is 15. The Labute approximate surface area is 799 Å². The summed E-state index contributed by atoms with van der Waals surface area (Å²) < 4.78 is 130. The summed E-state index contributed by atoms with van der Waals surface area (Å²) in [6, 6.07) is 31.4. The third-order valence-corrected chi connectivity index (χ3v) is 22.3. The summed E-state index contributed by atoms with van der Waals surface area (Å²) in [6.07, 6.45) is -43.0. The van der Waals surface area contributed by atoms with E-state index in [1.807, 2.05) is 48.5 Å². The predicted octanol–water partition coefficient (Wildman–Crippen LogP) is 3.86. The fourth-order valence-corrected chi connectivity index (χ4v) is 16.7. The van der Waals surface area contributed by atoms with Crippen LogP contribution < -0.4 is 21.3 Å². The highest BCUT2D eigenvalue weighted by atomic mass is 16.8. The molecule has 5 aliphatic rings. The van der Waals surface area contributed by atoms with Crippen molar-refractivity contribution in [2.75, 3.05) is 33.0 Å². The molecule has 0 unspecified atom stereocenters. The Morgan fingerprint density at radius 1 is 0.439 bits per heavy atom. The first-order valence-corrected chi connectivity index (χ1v) is 44.6. The Morgan fingerprint density at radius 3 is 1.29 bits per heavy atom. The molecule has 4 fully saturated rings. The van der Waals surface area contributed by atoms with Crippen LogP contribution in [0.5, 0.6) is 0 Å². The maximum absolute atomic E-state index is 16.0. The lowest BCUT2D eigenvalue weighted by atomic mass is 9.87. The minimum Gasteiger partial charge on any atom is -0.462 e. The number of aliphatic hydroxyl groups is 3. The summed E-state index contributed by atoms with van der Waals surface area (Å²) >= 11 is 0. The zero-order chi connectivity index (χ0) is 101. The van der Waals surface area contributed by atoms with E-state index < -0.39 is 299 Å². The van der Waals surface area contributed by atoms with E-state index in [2.05, 4.69) is 21.3 Å². The molecule has 4 saturated heterocycles. The number of fused-ring (bicyclic) bond motifs is 3. The van der Waals surface area contributed by atoms with Crippen molar-refractivity contribution in [3.63, 3.8) is 0 Å². The molecule has 7 N–H and O–H groups in total. The van der Waals surface area contributed by atoms with Gasteiger partial charge < -0.3 is 136 Å². The van der Waals surface area contributed by atoms with Crippen LogP contribution in [0.2, 0.25) is 0 Å². The molecule has 0 spiro atoms. The average Bonchev–Trinajstić information content (AvgIpc) is 1.59. The minimum absolute atomic E-state index is 0.258. The van der Waals surface area contributed by atoms with Crippen molar-refractivity contribution in [3.05, 3.63) is 167 Å².